The summed E-state index contributed by atoms with van der Waals surface area (Å²) in [6.07, 6.45) is 3.51. The molecule has 2 rings (SSSR count). The maximum absolute atomic E-state index is 5.10. The molecule has 1 N–H and O–H groups in total. The molecule has 0 saturated carbocycles. The van der Waals surface area contributed by atoms with E-state index in [1.54, 1.807) is 12.5 Å². The van der Waals surface area contributed by atoms with E-state index in [0.29, 0.717) is 0 Å². The van der Waals surface area contributed by atoms with Crippen LogP contribution < -0.4 is 5.32 Å². The summed E-state index contributed by atoms with van der Waals surface area (Å²) in [5, 5.41) is 3.34. The number of hydrogen-bond donors (Lipinski definition) is 1. The van der Waals surface area contributed by atoms with Crippen LogP contribution in [0.1, 0.15) is 23.6 Å². The van der Waals surface area contributed by atoms with Crippen LogP contribution in [0.15, 0.2) is 45.7 Å². The van der Waals surface area contributed by atoms with Crippen molar-refractivity contribution in [1.29, 1.82) is 0 Å². The van der Waals surface area contributed by atoms with Crippen molar-refractivity contribution in [1.82, 2.24) is 10.2 Å². The van der Waals surface area contributed by atoms with E-state index in [0.717, 1.165) is 26.2 Å². The molecule has 3 nitrogen and oxygen atoms in total. The molecule has 0 aliphatic carbocycles. The number of benzene rings is 1. The quantitative estimate of drug-likeness (QED) is 0.833. The van der Waals surface area contributed by atoms with Crippen LogP contribution >= 0.6 is 15.9 Å². The summed E-state index contributed by atoms with van der Waals surface area (Å²) in [6, 6.07) is 8.59. The first-order valence-electron chi connectivity index (χ1n) is 6.86. The predicted molar refractivity (Wildman–Crippen MR) is 85.4 cm³/mol. The average Bonchev–Trinajstić information content (AvgIpc) is 2.92. The van der Waals surface area contributed by atoms with E-state index < -0.39 is 0 Å². The Kier molecular flexibility index (Phi) is 5.83. The lowest BCUT2D eigenvalue weighted by atomic mass is 10.1. The minimum absolute atomic E-state index is 0.891. The van der Waals surface area contributed by atoms with Crippen LogP contribution in [0.3, 0.4) is 0 Å². The van der Waals surface area contributed by atoms with Crippen LogP contribution in [0.4, 0.5) is 0 Å². The number of nitrogens with zero attached hydrogens (tertiary/aromatic N) is 1. The zero-order chi connectivity index (χ0) is 14.4. The van der Waals surface area contributed by atoms with Gasteiger partial charge in [-0.05, 0) is 36.9 Å². The highest BCUT2D eigenvalue weighted by molar-refractivity contribution is 9.10. The predicted octanol–water partition coefficient (Wildman–Crippen LogP) is 3.78. The van der Waals surface area contributed by atoms with Gasteiger partial charge >= 0.3 is 0 Å². The van der Waals surface area contributed by atoms with E-state index in [4.69, 9.17) is 4.42 Å². The van der Waals surface area contributed by atoms with Gasteiger partial charge in [0.25, 0.3) is 0 Å². The molecule has 2 aromatic rings. The van der Waals surface area contributed by atoms with Gasteiger partial charge in [0.2, 0.25) is 0 Å². The van der Waals surface area contributed by atoms with Crippen molar-refractivity contribution < 1.29 is 4.42 Å². The standard InChI is InChI=1S/C16H21BrN2O/c1-3-18-9-13-4-5-15(16(17)8-13)11-19(2)10-14-6-7-20-12-14/h4-8,12,18H,3,9-11H2,1-2H3. The van der Waals surface area contributed by atoms with E-state index in [9.17, 15) is 0 Å². The Morgan fingerprint density at radius 2 is 2.05 bits per heavy atom. The molecule has 0 unspecified atom stereocenters. The monoisotopic (exact) mass is 336 g/mol. The van der Waals surface area contributed by atoms with Crippen LogP contribution in [0.2, 0.25) is 0 Å². The molecule has 1 aromatic carbocycles. The van der Waals surface area contributed by atoms with Crippen LogP contribution in [0.5, 0.6) is 0 Å². The Morgan fingerprint density at radius 3 is 2.70 bits per heavy atom. The first-order chi connectivity index (χ1) is 9.69. The van der Waals surface area contributed by atoms with Crippen molar-refractivity contribution in [3.8, 4) is 0 Å². The minimum atomic E-state index is 0.891. The maximum Gasteiger partial charge on any atom is 0.0947 e. The Labute approximate surface area is 129 Å². The van der Waals surface area contributed by atoms with Gasteiger partial charge in [-0.25, -0.2) is 0 Å². The average molecular weight is 337 g/mol. The molecule has 0 aliphatic heterocycles. The zero-order valence-electron chi connectivity index (χ0n) is 12.0. The third-order valence-corrected chi connectivity index (χ3v) is 3.91. The summed E-state index contributed by atoms with van der Waals surface area (Å²) in [5.74, 6) is 0. The van der Waals surface area contributed by atoms with Gasteiger partial charge in [-0.1, -0.05) is 35.0 Å². The minimum Gasteiger partial charge on any atom is -0.472 e. The second-order valence-electron chi connectivity index (χ2n) is 5.01. The first-order valence-corrected chi connectivity index (χ1v) is 7.66. The van der Waals surface area contributed by atoms with E-state index in [2.05, 4.69) is 58.3 Å². The molecule has 108 valence electrons. The Hall–Kier alpha value is -1.10. The highest BCUT2D eigenvalue weighted by Gasteiger charge is 2.06. The largest absolute Gasteiger partial charge is 0.472 e. The fraction of sp³-hybridized carbons (Fsp3) is 0.375. The zero-order valence-corrected chi connectivity index (χ0v) is 13.6. The van der Waals surface area contributed by atoms with Crippen molar-refractivity contribution >= 4 is 15.9 Å². The molecule has 0 aliphatic rings. The normalized spacial score (nSPS) is 11.2. The third kappa shape index (κ3) is 4.47. The summed E-state index contributed by atoms with van der Waals surface area (Å²) >= 11 is 3.67. The Bertz CT molecular complexity index is 525. The molecule has 1 heterocycles. The van der Waals surface area contributed by atoms with Crippen molar-refractivity contribution in [3.05, 3.63) is 58.0 Å². The molecule has 0 amide bonds. The molecule has 1 aromatic heterocycles. The van der Waals surface area contributed by atoms with Crippen molar-refractivity contribution in [2.45, 2.75) is 26.6 Å². The van der Waals surface area contributed by atoms with Gasteiger partial charge in [0.1, 0.15) is 0 Å². The molecule has 4 heteroatoms. The SMILES string of the molecule is CCNCc1ccc(CN(C)Cc2ccoc2)c(Br)c1. The molecule has 0 spiro atoms. The number of furan rings is 1. The summed E-state index contributed by atoms with van der Waals surface area (Å²) in [7, 11) is 2.12. The van der Waals surface area contributed by atoms with Crippen LogP contribution in [-0.2, 0) is 19.6 Å². The lowest BCUT2D eigenvalue weighted by molar-refractivity contribution is 0.317. The summed E-state index contributed by atoms with van der Waals surface area (Å²) < 4.78 is 6.27. The molecule has 0 atom stereocenters. The fourth-order valence-corrected chi connectivity index (χ4v) is 2.69. The van der Waals surface area contributed by atoms with Gasteiger partial charge in [-0.3, -0.25) is 4.90 Å². The third-order valence-electron chi connectivity index (χ3n) is 3.17. The molecule has 0 bridgehead atoms. The van der Waals surface area contributed by atoms with E-state index in [1.165, 1.54) is 21.2 Å². The molecule has 0 fully saturated rings. The highest BCUT2D eigenvalue weighted by Crippen LogP contribution is 2.20. The number of nitrogens with one attached hydrogen (secondary N) is 1. The summed E-state index contributed by atoms with van der Waals surface area (Å²) in [4.78, 5) is 2.27. The lowest BCUT2D eigenvalue weighted by Crippen LogP contribution is -2.17. The molecular weight excluding hydrogens is 316 g/mol. The van der Waals surface area contributed by atoms with Gasteiger partial charge in [0.15, 0.2) is 0 Å². The van der Waals surface area contributed by atoms with E-state index in [1.807, 2.05) is 6.07 Å². The summed E-state index contributed by atoms with van der Waals surface area (Å²) in [5.41, 5.74) is 3.81. The van der Waals surface area contributed by atoms with E-state index in [-0.39, 0.29) is 0 Å². The number of rotatable bonds is 7. The Morgan fingerprint density at radius 1 is 1.20 bits per heavy atom. The van der Waals surface area contributed by atoms with Gasteiger partial charge in [0, 0.05) is 29.7 Å². The molecule has 0 radical (unpaired) electrons. The first kappa shape index (κ1) is 15.3. The van der Waals surface area contributed by atoms with Crippen LogP contribution in [-0.4, -0.2) is 18.5 Å². The number of hydrogen-bond acceptors (Lipinski definition) is 3. The fourth-order valence-electron chi connectivity index (χ4n) is 2.14. The number of halogens is 1. The second kappa shape index (κ2) is 7.62. The highest BCUT2D eigenvalue weighted by atomic mass is 79.9. The molecule has 20 heavy (non-hydrogen) atoms. The maximum atomic E-state index is 5.10. The van der Waals surface area contributed by atoms with Crippen molar-refractivity contribution in [2.75, 3.05) is 13.6 Å². The second-order valence-corrected chi connectivity index (χ2v) is 5.86. The van der Waals surface area contributed by atoms with E-state index >= 15 is 0 Å². The topological polar surface area (TPSA) is 28.4 Å². The summed E-state index contributed by atoms with van der Waals surface area (Å²) in [6.45, 7) is 5.83. The van der Waals surface area contributed by atoms with Crippen LogP contribution in [0, 0.1) is 0 Å². The van der Waals surface area contributed by atoms with Crippen LogP contribution in [0.25, 0.3) is 0 Å². The lowest BCUT2D eigenvalue weighted by Gasteiger charge is -2.17. The van der Waals surface area contributed by atoms with Gasteiger partial charge in [-0.15, -0.1) is 0 Å². The van der Waals surface area contributed by atoms with Gasteiger partial charge < -0.3 is 9.73 Å². The Balaban J connectivity index is 1.95. The van der Waals surface area contributed by atoms with Gasteiger partial charge in [-0.2, -0.15) is 0 Å². The molecular formula is C16H21BrN2O. The van der Waals surface area contributed by atoms with Crippen molar-refractivity contribution in [2.24, 2.45) is 0 Å². The van der Waals surface area contributed by atoms with Gasteiger partial charge in [0.05, 0.1) is 12.5 Å². The smallest absolute Gasteiger partial charge is 0.0947 e. The molecule has 0 saturated heterocycles. The van der Waals surface area contributed by atoms with Crippen molar-refractivity contribution in [3.63, 3.8) is 0 Å².